The average Bonchev–Trinajstić information content (AvgIpc) is 2.98. The zero-order chi connectivity index (χ0) is 32.8. The molecule has 0 aliphatic rings. The van der Waals surface area contributed by atoms with Crippen LogP contribution in [0, 0.1) is 0 Å². The molecular formula is C36H36N2O5S2. The molecule has 0 aliphatic heterocycles. The molecule has 2 aromatic heterocycles. The van der Waals surface area contributed by atoms with Crippen molar-refractivity contribution in [2.75, 3.05) is 12.5 Å². The first-order valence-corrected chi connectivity index (χ1v) is 18.1. The molecule has 0 atom stereocenters. The van der Waals surface area contributed by atoms with Gasteiger partial charge in [0.1, 0.15) is 0 Å². The molecule has 0 radical (unpaired) electrons. The number of sulfone groups is 2. The van der Waals surface area contributed by atoms with Gasteiger partial charge in [-0.2, -0.15) is 0 Å². The van der Waals surface area contributed by atoms with Gasteiger partial charge in [-0.3, -0.25) is 9.97 Å². The smallest absolute Gasteiger partial charge is 0.175 e. The Hall–Kier alpha value is -4.18. The molecule has 0 saturated carbocycles. The number of benzene rings is 3. The van der Waals surface area contributed by atoms with Crippen LogP contribution in [-0.4, -0.2) is 44.4 Å². The molecule has 0 aliphatic carbocycles. The maximum Gasteiger partial charge on any atom is 0.175 e. The number of aliphatic hydroxyl groups is 1. The monoisotopic (exact) mass is 640 g/mol. The lowest BCUT2D eigenvalue weighted by molar-refractivity contribution is 0.0782. The van der Waals surface area contributed by atoms with E-state index in [0.717, 1.165) is 38.7 Å². The van der Waals surface area contributed by atoms with E-state index in [2.05, 4.69) is 9.97 Å². The van der Waals surface area contributed by atoms with Crippen molar-refractivity contribution in [3.05, 3.63) is 125 Å². The van der Waals surface area contributed by atoms with Gasteiger partial charge in [0.2, 0.25) is 0 Å². The second-order valence-electron chi connectivity index (χ2n) is 12.4. The highest BCUT2D eigenvalue weighted by molar-refractivity contribution is 7.91. The van der Waals surface area contributed by atoms with Crippen LogP contribution in [0.4, 0.5) is 0 Å². The molecular weight excluding hydrogens is 605 g/mol. The highest BCUT2D eigenvalue weighted by Gasteiger charge is 2.33. The number of rotatable bonds is 8. The van der Waals surface area contributed by atoms with Crippen LogP contribution in [0.5, 0.6) is 0 Å². The molecule has 0 saturated heterocycles. The van der Waals surface area contributed by atoms with E-state index in [4.69, 9.17) is 0 Å². The Morgan fingerprint density at radius 1 is 0.778 bits per heavy atom. The van der Waals surface area contributed by atoms with Gasteiger partial charge in [-0.05, 0) is 98.5 Å². The summed E-state index contributed by atoms with van der Waals surface area (Å²) in [5, 5.41) is 11.3. The normalized spacial score (nSPS) is 13.3. The summed E-state index contributed by atoms with van der Waals surface area (Å²) < 4.78 is 48.6. The summed E-state index contributed by atoms with van der Waals surface area (Å²) in [6.07, 6.45) is 7.75. The molecule has 232 valence electrons. The first-order chi connectivity index (χ1) is 20.9. The Morgan fingerprint density at radius 2 is 1.49 bits per heavy atom. The average molecular weight is 641 g/mol. The zero-order valence-electron chi connectivity index (χ0n) is 26.1. The van der Waals surface area contributed by atoms with Crippen molar-refractivity contribution < 1.29 is 21.9 Å². The van der Waals surface area contributed by atoms with Crippen LogP contribution in [-0.2, 0) is 30.0 Å². The van der Waals surface area contributed by atoms with Gasteiger partial charge in [-0.1, -0.05) is 42.5 Å². The molecule has 0 spiro atoms. The second-order valence-corrected chi connectivity index (χ2v) is 16.9. The fourth-order valence-electron chi connectivity index (χ4n) is 5.04. The van der Waals surface area contributed by atoms with Gasteiger partial charge in [0.05, 0.1) is 26.5 Å². The summed E-state index contributed by atoms with van der Waals surface area (Å²) in [4.78, 5) is 9.52. The number of nitrogens with zero attached hydrogens (tertiary/aromatic N) is 2. The minimum Gasteiger partial charge on any atom is -0.386 e. The van der Waals surface area contributed by atoms with E-state index >= 15 is 0 Å². The fraction of sp³-hybridized carbons (Fsp3) is 0.222. The van der Waals surface area contributed by atoms with Crippen LogP contribution in [0.15, 0.2) is 102 Å². The van der Waals surface area contributed by atoms with Gasteiger partial charge in [0.15, 0.2) is 19.7 Å². The number of hydrogen-bond acceptors (Lipinski definition) is 7. The predicted octanol–water partition coefficient (Wildman–Crippen LogP) is 6.80. The molecule has 5 aromatic rings. The van der Waals surface area contributed by atoms with Crippen LogP contribution in [0.1, 0.15) is 55.6 Å². The molecule has 9 heteroatoms. The standard InChI is InChI=1S/C36H36N2O5S2/c1-35(2,39)28-14-17-33(38-23-28)31(25-12-15-30(16-13-25)44(5,40)41)20-24-9-7-10-26(19-24)32-22-29(36(3,4)45(6,42)43)21-27-11-8-18-37-34(27)32/h7-23,39H,1-6H3/b31-20+. The van der Waals surface area contributed by atoms with Crippen molar-refractivity contribution in [3.8, 4) is 11.1 Å². The first kappa shape index (κ1) is 32.2. The Kier molecular flexibility index (Phi) is 8.33. The third-order valence-electron chi connectivity index (χ3n) is 8.18. The molecule has 0 bridgehead atoms. The molecule has 0 fully saturated rings. The van der Waals surface area contributed by atoms with E-state index in [9.17, 15) is 21.9 Å². The van der Waals surface area contributed by atoms with Gasteiger partial charge in [-0.25, -0.2) is 16.8 Å². The third kappa shape index (κ3) is 6.76. The van der Waals surface area contributed by atoms with Crippen molar-refractivity contribution in [3.63, 3.8) is 0 Å². The van der Waals surface area contributed by atoms with E-state index < -0.39 is 30.0 Å². The number of fused-ring (bicyclic) bond motifs is 1. The van der Waals surface area contributed by atoms with Crippen LogP contribution >= 0.6 is 0 Å². The molecule has 5 rings (SSSR count). The van der Waals surface area contributed by atoms with E-state index in [1.165, 1.54) is 12.5 Å². The minimum atomic E-state index is -3.42. The minimum absolute atomic E-state index is 0.217. The summed E-state index contributed by atoms with van der Waals surface area (Å²) in [7, 11) is -6.80. The maximum absolute atomic E-state index is 12.8. The lowest BCUT2D eigenvalue weighted by Crippen LogP contribution is -2.28. The van der Waals surface area contributed by atoms with Gasteiger partial charge in [-0.15, -0.1) is 0 Å². The quantitative estimate of drug-likeness (QED) is 0.186. The Bertz CT molecular complexity index is 2140. The number of aromatic nitrogens is 2. The third-order valence-corrected chi connectivity index (χ3v) is 11.4. The Labute approximate surface area is 265 Å². The zero-order valence-corrected chi connectivity index (χ0v) is 27.7. The molecule has 45 heavy (non-hydrogen) atoms. The molecule has 2 heterocycles. The van der Waals surface area contributed by atoms with Crippen molar-refractivity contribution in [1.29, 1.82) is 0 Å². The first-order valence-electron chi connectivity index (χ1n) is 14.4. The maximum atomic E-state index is 12.8. The van der Waals surface area contributed by atoms with Gasteiger partial charge in [0.25, 0.3) is 0 Å². The van der Waals surface area contributed by atoms with Crippen LogP contribution < -0.4 is 0 Å². The van der Waals surface area contributed by atoms with E-state index in [-0.39, 0.29) is 4.90 Å². The SMILES string of the molecule is CC(C)(O)c1ccc(/C(=C/c2cccc(-c3cc(C(C)(C)S(C)(=O)=O)cc4cccnc34)c2)c2ccc(S(C)(=O)=O)cc2)nc1. The van der Waals surface area contributed by atoms with Gasteiger partial charge in [0, 0.05) is 47.0 Å². The highest BCUT2D eigenvalue weighted by atomic mass is 32.2. The van der Waals surface area contributed by atoms with Crippen molar-refractivity contribution in [2.45, 2.75) is 42.9 Å². The van der Waals surface area contributed by atoms with Crippen LogP contribution in [0.25, 0.3) is 33.7 Å². The molecule has 3 aromatic carbocycles. The summed E-state index contributed by atoms with van der Waals surface area (Å²) in [5.41, 5.74) is 5.71. The summed E-state index contributed by atoms with van der Waals surface area (Å²) in [5.74, 6) is 0. The van der Waals surface area contributed by atoms with Crippen molar-refractivity contribution in [2.24, 2.45) is 0 Å². The number of hydrogen-bond donors (Lipinski definition) is 1. The van der Waals surface area contributed by atoms with Crippen LogP contribution in [0.3, 0.4) is 0 Å². The summed E-state index contributed by atoms with van der Waals surface area (Å²) in [6.45, 7) is 6.81. The Balaban J connectivity index is 1.69. The largest absolute Gasteiger partial charge is 0.386 e. The predicted molar refractivity (Wildman–Crippen MR) is 181 cm³/mol. The molecule has 0 amide bonds. The van der Waals surface area contributed by atoms with Crippen molar-refractivity contribution >= 4 is 42.2 Å². The van der Waals surface area contributed by atoms with E-state index in [0.29, 0.717) is 16.8 Å². The van der Waals surface area contributed by atoms with Crippen molar-refractivity contribution in [1.82, 2.24) is 9.97 Å². The Morgan fingerprint density at radius 3 is 2.09 bits per heavy atom. The fourth-order valence-corrected chi connectivity index (χ4v) is 6.22. The lowest BCUT2D eigenvalue weighted by atomic mass is 9.92. The van der Waals surface area contributed by atoms with E-state index in [1.807, 2.05) is 66.7 Å². The van der Waals surface area contributed by atoms with Gasteiger partial charge >= 0.3 is 0 Å². The molecule has 1 N–H and O–H groups in total. The van der Waals surface area contributed by atoms with Crippen LogP contribution in [0.2, 0.25) is 0 Å². The van der Waals surface area contributed by atoms with E-state index in [1.54, 1.807) is 64.4 Å². The second kappa shape index (κ2) is 11.6. The summed E-state index contributed by atoms with van der Waals surface area (Å²) in [6, 6.07) is 25.7. The van der Waals surface area contributed by atoms with Gasteiger partial charge < -0.3 is 5.11 Å². The number of pyridine rings is 2. The topological polar surface area (TPSA) is 114 Å². The summed E-state index contributed by atoms with van der Waals surface area (Å²) >= 11 is 0. The molecule has 0 unspecified atom stereocenters. The lowest BCUT2D eigenvalue weighted by Gasteiger charge is -2.24. The highest BCUT2D eigenvalue weighted by Crippen LogP contribution is 2.37. The molecule has 7 nitrogen and oxygen atoms in total.